The van der Waals surface area contributed by atoms with E-state index >= 15 is 0 Å². The summed E-state index contributed by atoms with van der Waals surface area (Å²) in [6, 6.07) is -0.884. The molecule has 0 radical (unpaired) electrons. The summed E-state index contributed by atoms with van der Waals surface area (Å²) >= 11 is 6.29. The molecule has 1 aromatic heterocycles. The summed E-state index contributed by atoms with van der Waals surface area (Å²) in [6.45, 7) is 6.32. The zero-order valence-electron chi connectivity index (χ0n) is 12.4. The third-order valence-electron chi connectivity index (χ3n) is 4.45. The van der Waals surface area contributed by atoms with E-state index < -0.39 is 23.0 Å². The number of fused-ring (bicyclic) bond motifs is 1. The number of nitrogens with one attached hydrogen (secondary N) is 1. The second-order valence-corrected chi connectivity index (χ2v) is 5.71. The summed E-state index contributed by atoms with van der Waals surface area (Å²) in [4.78, 5) is 28.3. The third-order valence-corrected chi connectivity index (χ3v) is 4.71. The monoisotopic (exact) mass is 313 g/mol. The van der Waals surface area contributed by atoms with Gasteiger partial charge in [0, 0.05) is 12.0 Å². The van der Waals surface area contributed by atoms with E-state index in [1.807, 2.05) is 20.8 Å². The van der Waals surface area contributed by atoms with Crippen LogP contribution >= 0.6 is 11.6 Å². The molecule has 2 heterocycles. The van der Waals surface area contributed by atoms with E-state index in [0.717, 1.165) is 0 Å². The summed E-state index contributed by atoms with van der Waals surface area (Å²) < 4.78 is 1.32. The van der Waals surface area contributed by atoms with E-state index in [2.05, 4.69) is 10.3 Å². The van der Waals surface area contributed by atoms with Crippen LogP contribution in [0.25, 0.3) is 0 Å². The lowest BCUT2D eigenvalue weighted by molar-refractivity contribution is -0.141. The molecular formula is C14H20ClN3O3. The zero-order valence-corrected chi connectivity index (χ0v) is 13.2. The molecule has 6 nitrogen and oxygen atoms in total. The largest absolute Gasteiger partial charge is 0.480 e. The Labute approximate surface area is 128 Å². The van der Waals surface area contributed by atoms with Gasteiger partial charge in [0.25, 0.3) is 5.56 Å². The minimum absolute atomic E-state index is 0.112. The molecule has 1 atom stereocenters. The molecule has 1 aromatic rings. The van der Waals surface area contributed by atoms with Crippen molar-refractivity contribution in [2.24, 2.45) is 0 Å². The summed E-state index contributed by atoms with van der Waals surface area (Å²) in [7, 11) is 0. The maximum absolute atomic E-state index is 12.6. The minimum atomic E-state index is -1.01. The summed E-state index contributed by atoms with van der Waals surface area (Å²) in [6.07, 6.45) is 1.81. The van der Waals surface area contributed by atoms with Gasteiger partial charge in [0.05, 0.1) is 5.69 Å². The average molecular weight is 314 g/mol. The van der Waals surface area contributed by atoms with Crippen LogP contribution in [0, 0.1) is 0 Å². The van der Waals surface area contributed by atoms with Gasteiger partial charge in [-0.15, -0.1) is 0 Å². The maximum atomic E-state index is 12.6. The number of nitrogens with zero attached hydrogens (tertiary/aromatic N) is 2. The lowest BCUT2D eigenvalue weighted by Gasteiger charge is -2.26. The molecule has 116 valence electrons. The van der Waals surface area contributed by atoms with Crippen LogP contribution in [-0.4, -0.2) is 27.2 Å². The van der Waals surface area contributed by atoms with Crippen molar-refractivity contribution in [3.8, 4) is 0 Å². The number of anilines is 1. The predicted molar refractivity (Wildman–Crippen MR) is 81.2 cm³/mol. The normalized spacial score (nSPS) is 19.3. The average Bonchev–Trinajstić information content (AvgIpc) is 2.81. The van der Waals surface area contributed by atoms with Gasteiger partial charge in [-0.2, -0.15) is 0 Å². The SMILES string of the molecule is CCNc1nc(Cl)c2n(c1=O)[C@H](C(=O)O)CC2(CC)CC. The molecule has 0 aromatic carbocycles. The number of hydrogen-bond donors (Lipinski definition) is 2. The van der Waals surface area contributed by atoms with Crippen molar-refractivity contribution in [3.63, 3.8) is 0 Å². The Morgan fingerprint density at radius 1 is 1.48 bits per heavy atom. The van der Waals surface area contributed by atoms with Crippen molar-refractivity contribution < 1.29 is 9.90 Å². The number of carbonyl (C=O) groups is 1. The number of aromatic nitrogens is 2. The molecule has 2 N–H and O–H groups in total. The standard InChI is InChI=1S/C14H20ClN3O3/c1-4-14(5-2)7-8(13(20)21)18-9(14)10(15)17-11(12(18)19)16-6-3/h8H,4-7H2,1-3H3,(H,16,17)(H,20,21)/t8-/m0/s1. The molecule has 0 saturated heterocycles. The Hall–Kier alpha value is -1.56. The van der Waals surface area contributed by atoms with E-state index in [9.17, 15) is 14.7 Å². The van der Waals surface area contributed by atoms with Crippen molar-refractivity contribution >= 4 is 23.4 Å². The van der Waals surface area contributed by atoms with Gasteiger partial charge in [-0.3, -0.25) is 9.36 Å². The number of carboxylic acid groups (broad SMARTS) is 1. The molecule has 0 fully saturated rings. The van der Waals surface area contributed by atoms with E-state index in [0.29, 0.717) is 31.5 Å². The van der Waals surface area contributed by atoms with Crippen molar-refractivity contribution in [1.82, 2.24) is 9.55 Å². The van der Waals surface area contributed by atoms with Crippen molar-refractivity contribution in [3.05, 3.63) is 21.2 Å². The number of carboxylic acids is 1. The van der Waals surface area contributed by atoms with Crippen LogP contribution in [0.1, 0.15) is 51.8 Å². The quantitative estimate of drug-likeness (QED) is 0.872. The van der Waals surface area contributed by atoms with Crippen LogP contribution in [0.4, 0.5) is 5.82 Å². The molecule has 0 unspecified atom stereocenters. The lowest BCUT2D eigenvalue weighted by atomic mass is 9.77. The highest BCUT2D eigenvalue weighted by Crippen LogP contribution is 2.47. The van der Waals surface area contributed by atoms with Crippen molar-refractivity contribution in [2.75, 3.05) is 11.9 Å². The first-order valence-electron chi connectivity index (χ1n) is 7.21. The molecule has 1 aliphatic heterocycles. The Bertz CT molecular complexity index is 623. The fourth-order valence-electron chi connectivity index (χ4n) is 3.20. The van der Waals surface area contributed by atoms with Gasteiger partial charge in [0.2, 0.25) is 0 Å². The highest BCUT2D eigenvalue weighted by atomic mass is 35.5. The predicted octanol–water partition coefficient (Wildman–Crippen LogP) is 2.42. The molecule has 21 heavy (non-hydrogen) atoms. The minimum Gasteiger partial charge on any atom is -0.480 e. The molecule has 2 rings (SSSR count). The van der Waals surface area contributed by atoms with Gasteiger partial charge in [-0.1, -0.05) is 25.4 Å². The van der Waals surface area contributed by atoms with Crippen LogP contribution in [0.5, 0.6) is 0 Å². The number of aliphatic carboxylic acids is 1. The molecule has 0 spiro atoms. The fourth-order valence-corrected chi connectivity index (χ4v) is 3.57. The zero-order chi connectivity index (χ0) is 15.8. The molecule has 0 bridgehead atoms. The number of rotatable bonds is 5. The molecule has 1 aliphatic rings. The molecular weight excluding hydrogens is 294 g/mol. The Morgan fingerprint density at radius 2 is 2.10 bits per heavy atom. The van der Waals surface area contributed by atoms with Gasteiger partial charge in [0.15, 0.2) is 11.0 Å². The number of halogens is 1. The Kier molecular flexibility index (Phi) is 4.27. The van der Waals surface area contributed by atoms with Crippen LogP contribution in [0.15, 0.2) is 4.79 Å². The van der Waals surface area contributed by atoms with Crippen molar-refractivity contribution in [1.29, 1.82) is 0 Å². The van der Waals surface area contributed by atoms with Crippen LogP contribution < -0.4 is 10.9 Å². The molecule has 0 amide bonds. The van der Waals surface area contributed by atoms with Crippen LogP contribution in [0.2, 0.25) is 5.15 Å². The van der Waals surface area contributed by atoms with Gasteiger partial charge in [0.1, 0.15) is 6.04 Å². The topological polar surface area (TPSA) is 84.2 Å². The smallest absolute Gasteiger partial charge is 0.326 e. The van der Waals surface area contributed by atoms with Crippen LogP contribution in [0.3, 0.4) is 0 Å². The summed E-state index contributed by atoms with van der Waals surface area (Å²) in [5.41, 5.74) is -0.252. The van der Waals surface area contributed by atoms with Gasteiger partial charge in [-0.05, 0) is 26.2 Å². The van der Waals surface area contributed by atoms with E-state index in [1.54, 1.807) is 0 Å². The maximum Gasteiger partial charge on any atom is 0.326 e. The van der Waals surface area contributed by atoms with Crippen LogP contribution in [-0.2, 0) is 10.2 Å². The molecule has 7 heteroatoms. The first kappa shape index (κ1) is 15.8. The molecule has 0 aliphatic carbocycles. The number of hydrogen-bond acceptors (Lipinski definition) is 4. The van der Waals surface area contributed by atoms with Gasteiger partial charge in [-0.25, -0.2) is 9.78 Å². The lowest BCUT2D eigenvalue weighted by Crippen LogP contribution is -2.31. The second kappa shape index (κ2) is 5.67. The third kappa shape index (κ3) is 2.31. The van der Waals surface area contributed by atoms with Crippen molar-refractivity contribution in [2.45, 2.75) is 51.5 Å². The Balaban J connectivity index is 2.77. The first-order chi connectivity index (χ1) is 9.91. The van der Waals surface area contributed by atoms with E-state index in [1.165, 1.54) is 4.57 Å². The molecule has 0 saturated carbocycles. The second-order valence-electron chi connectivity index (χ2n) is 5.35. The highest BCUT2D eigenvalue weighted by molar-refractivity contribution is 6.30. The van der Waals surface area contributed by atoms with Gasteiger partial charge >= 0.3 is 5.97 Å². The first-order valence-corrected chi connectivity index (χ1v) is 7.58. The summed E-state index contributed by atoms with van der Waals surface area (Å²) in [5, 5.41) is 12.5. The fraction of sp³-hybridized carbons (Fsp3) is 0.643. The van der Waals surface area contributed by atoms with Gasteiger partial charge < -0.3 is 10.4 Å². The highest BCUT2D eigenvalue weighted by Gasteiger charge is 2.47. The Morgan fingerprint density at radius 3 is 2.57 bits per heavy atom. The van der Waals surface area contributed by atoms with E-state index in [4.69, 9.17) is 11.6 Å². The summed E-state index contributed by atoms with van der Waals surface area (Å²) in [5.74, 6) is -0.896. The van der Waals surface area contributed by atoms with E-state index in [-0.39, 0.29) is 11.0 Å².